The average molecular weight is 376 g/mol. The fourth-order valence-corrected chi connectivity index (χ4v) is 2.17. The van der Waals surface area contributed by atoms with E-state index in [2.05, 4.69) is 5.32 Å². The highest BCUT2D eigenvalue weighted by atomic mass is 16.6. The third-order valence-corrected chi connectivity index (χ3v) is 3.45. The molecule has 9 heteroatoms. The zero-order valence-electron chi connectivity index (χ0n) is 14.7. The van der Waals surface area contributed by atoms with E-state index in [-0.39, 0.29) is 29.3 Å². The Kier molecular flexibility index (Phi) is 7.53. The van der Waals surface area contributed by atoms with Crippen molar-refractivity contribution in [3.8, 4) is 5.88 Å². The van der Waals surface area contributed by atoms with Crippen molar-refractivity contribution >= 4 is 17.6 Å². The van der Waals surface area contributed by atoms with Crippen molar-refractivity contribution in [3.05, 3.63) is 58.9 Å². The van der Waals surface area contributed by atoms with Gasteiger partial charge in [0.25, 0.3) is 5.91 Å². The summed E-state index contributed by atoms with van der Waals surface area (Å²) in [6.07, 6.45) is 1.13. The summed E-state index contributed by atoms with van der Waals surface area (Å²) in [6.45, 7) is 1.39. The van der Waals surface area contributed by atoms with Crippen LogP contribution in [0.4, 0.5) is 5.69 Å². The highest BCUT2D eigenvalue weighted by Crippen LogP contribution is 2.14. The van der Waals surface area contributed by atoms with Crippen LogP contribution in [0.15, 0.2) is 42.6 Å². The van der Waals surface area contributed by atoms with Crippen LogP contribution in [0.2, 0.25) is 0 Å². The van der Waals surface area contributed by atoms with Gasteiger partial charge in [0, 0.05) is 7.11 Å². The summed E-state index contributed by atoms with van der Waals surface area (Å²) < 4.78 is 15.8. The number of nitrogens with one attached hydrogen (secondary N) is 1. The molecule has 2 N–H and O–H groups in total. The third kappa shape index (κ3) is 5.94. The van der Waals surface area contributed by atoms with E-state index in [1.807, 2.05) is 0 Å². The minimum absolute atomic E-state index is 0.00372. The van der Waals surface area contributed by atoms with Crippen molar-refractivity contribution in [3.63, 3.8) is 0 Å². The molecule has 0 aliphatic rings. The van der Waals surface area contributed by atoms with Gasteiger partial charge in [-0.05, 0) is 18.2 Å². The van der Waals surface area contributed by atoms with Crippen molar-refractivity contribution in [1.29, 1.82) is 0 Å². The van der Waals surface area contributed by atoms with Crippen molar-refractivity contribution in [2.24, 2.45) is 0 Å². The molecule has 0 aliphatic carbocycles. The van der Waals surface area contributed by atoms with Crippen molar-refractivity contribution < 1.29 is 33.6 Å². The molecule has 1 aromatic heterocycles. The molecule has 0 atom stereocenters. The SMILES string of the molecule is COCCOCCOc1ccc(NC(=O)c2ccccc2C(=O)O)c[n+]1[O-]. The Bertz CT molecular complexity index is 795. The summed E-state index contributed by atoms with van der Waals surface area (Å²) in [5.41, 5.74) is 0.0771. The average Bonchev–Trinajstić information content (AvgIpc) is 2.66. The van der Waals surface area contributed by atoms with Gasteiger partial charge in [-0.25, -0.2) is 4.79 Å². The molecule has 0 unspecified atom stereocenters. The quantitative estimate of drug-likeness (QED) is 0.364. The number of nitrogens with zero attached hydrogens (tertiary/aromatic N) is 1. The molecule has 0 aliphatic heterocycles. The van der Waals surface area contributed by atoms with Crippen LogP contribution >= 0.6 is 0 Å². The number of aromatic carboxylic acids is 1. The Labute approximate surface area is 155 Å². The first kappa shape index (κ1) is 20.1. The molecule has 2 rings (SSSR count). The molecular weight excluding hydrogens is 356 g/mol. The predicted molar refractivity (Wildman–Crippen MR) is 94.9 cm³/mol. The van der Waals surface area contributed by atoms with Gasteiger partial charge in [0.15, 0.2) is 0 Å². The largest absolute Gasteiger partial charge is 0.616 e. The monoisotopic (exact) mass is 376 g/mol. The van der Waals surface area contributed by atoms with Crippen molar-refractivity contribution in [1.82, 2.24) is 0 Å². The molecule has 2 aromatic rings. The van der Waals surface area contributed by atoms with E-state index in [0.29, 0.717) is 24.6 Å². The van der Waals surface area contributed by atoms with E-state index < -0.39 is 11.9 Å². The highest BCUT2D eigenvalue weighted by Gasteiger charge is 2.17. The second-order valence-corrected chi connectivity index (χ2v) is 5.34. The summed E-state index contributed by atoms with van der Waals surface area (Å²) in [5, 5.41) is 23.6. The zero-order valence-corrected chi connectivity index (χ0v) is 14.7. The summed E-state index contributed by atoms with van der Waals surface area (Å²) in [5.74, 6) is -1.79. The van der Waals surface area contributed by atoms with E-state index >= 15 is 0 Å². The second-order valence-electron chi connectivity index (χ2n) is 5.34. The van der Waals surface area contributed by atoms with Crippen LogP contribution in [0.1, 0.15) is 20.7 Å². The first-order valence-corrected chi connectivity index (χ1v) is 8.09. The van der Waals surface area contributed by atoms with Crippen LogP contribution in [-0.2, 0) is 9.47 Å². The van der Waals surface area contributed by atoms with E-state index in [9.17, 15) is 14.8 Å². The number of carbonyl (C=O) groups is 2. The van der Waals surface area contributed by atoms with Crippen molar-refractivity contribution in [2.75, 3.05) is 38.9 Å². The van der Waals surface area contributed by atoms with Gasteiger partial charge < -0.3 is 29.8 Å². The Morgan fingerprint density at radius 3 is 2.44 bits per heavy atom. The lowest BCUT2D eigenvalue weighted by molar-refractivity contribution is -0.612. The fraction of sp³-hybridized carbons (Fsp3) is 0.278. The number of aromatic nitrogens is 1. The van der Waals surface area contributed by atoms with E-state index in [1.165, 1.54) is 30.3 Å². The van der Waals surface area contributed by atoms with Gasteiger partial charge in [-0.3, -0.25) is 4.79 Å². The maximum absolute atomic E-state index is 12.3. The van der Waals surface area contributed by atoms with Crippen LogP contribution in [0.5, 0.6) is 5.88 Å². The number of carboxylic acid groups (broad SMARTS) is 1. The molecule has 0 radical (unpaired) electrons. The minimum atomic E-state index is -1.21. The number of pyridine rings is 1. The number of hydrogen-bond acceptors (Lipinski definition) is 6. The van der Waals surface area contributed by atoms with Gasteiger partial charge in [-0.1, -0.05) is 12.1 Å². The Morgan fingerprint density at radius 2 is 1.78 bits per heavy atom. The summed E-state index contributed by atoms with van der Waals surface area (Å²) in [7, 11) is 1.57. The van der Waals surface area contributed by atoms with Crippen LogP contribution in [0.3, 0.4) is 0 Å². The van der Waals surface area contributed by atoms with Gasteiger partial charge >= 0.3 is 11.8 Å². The first-order chi connectivity index (χ1) is 13.0. The van der Waals surface area contributed by atoms with Crippen molar-refractivity contribution in [2.45, 2.75) is 0 Å². The molecule has 1 heterocycles. The van der Waals surface area contributed by atoms with Crippen LogP contribution in [0.25, 0.3) is 0 Å². The van der Waals surface area contributed by atoms with Gasteiger partial charge in [0.1, 0.15) is 12.3 Å². The molecule has 0 bridgehead atoms. The minimum Gasteiger partial charge on any atom is -0.616 e. The number of ether oxygens (including phenoxy) is 3. The van der Waals surface area contributed by atoms with Gasteiger partial charge in [0.05, 0.1) is 37.0 Å². The maximum atomic E-state index is 12.3. The fourth-order valence-electron chi connectivity index (χ4n) is 2.17. The Balaban J connectivity index is 1.95. The normalized spacial score (nSPS) is 10.4. The lowest BCUT2D eigenvalue weighted by Crippen LogP contribution is -2.30. The number of hydrogen-bond donors (Lipinski definition) is 2. The number of rotatable bonds is 10. The van der Waals surface area contributed by atoms with Crippen LogP contribution in [0, 0.1) is 5.21 Å². The van der Waals surface area contributed by atoms with E-state index in [4.69, 9.17) is 19.3 Å². The molecule has 0 saturated heterocycles. The highest BCUT2D eigenvalue weighted by molar-refractivity contribution is 6.10. The summed E-state index contributed by atoms with van der Waals surface area (Å²) in [6, 6.07) is 8.69. The number of benzene rings is 1. The molecule has 9 nitrogen and oxygen atoms in total. The Hall–Kier alpha value is -3.17. The standard InChI is InChI=1S/C18H20N2O7/c1-25-8-9-26-10-11-27-16-7-6-13(12-20(16)24)19-17(21)14-4-2-3-5-15(14)18(22)23/h2-7,12H,8-11H2,1H3,(H,19,21)(H,22,23). The number of carboxylic acids is 1. The lowest BCUT2D eigenvalue weighted by Gasteiger charge is -2.10. The van der Waals surface area contributed by atoms with Gasteiger partial charge in [-0.2, -0.15) is 0 Å². The van der Waals surface area contributed by atoms with Crippen LogP contribution < -0.4 is 14.8 Å². The summed E-state index contributed by atoms with van der Waals surface area (Å²) in [4.78, 5) is 23.5. The van der Waals surface area contributed by atoms with E-state index in [0.717, 1.165) is 6.20 Å². The smallest absolute Gasteiger partial charge is 0.379 e. The number of methoxy groups -OCH3 is 1. The molecular formula is C18H20N2O7. The maximum Gasteiger partial charge on any atom is 0.379 e. The Morgan fingerprint density at radius 1 is 1.07 bits per heavy atom. The molecule has 144 valence electrons. The third-order valence-electron chi connectivity index (χ3n) is 3.45. The molecule has 27 heavy (non-hydrogen) atoms. The predicted octanol–water partition coefficient (Wildman–Crippen LogP) is 1.31. The number of anilines is 1. The van der Waals surface area contributed by atoms with Crippen LogP contribution in [-0.4, -0.2) is 50.5 Å². The topological polar surface area (TPSA) is 121 Å². The summed E-state index contributed by atoms with van der Waals surface area (Å²) >= 11 is 0. The first-order valence-electron chi connectivity index (χ1n) is 8.09. The number of carbonyl (C=O) groups excluding carboxylic acids is 1. The zero-order chi connectivity index (χ0) is 19.6. The molecule has 1 aromatic carbocycles. The lowest BCUT2D eigenvalue weighted by atomic mass is 10.1. The molecule has 0 spiro atoms. The van der Waals surface area contributed by atoms with E-state index in [1.54, 1.807) is 13.2 Å². The van der Waals surface area contributed by atoms with Gasteiger partial charge in [-0.15, -0.1) is 4.73 Å². The second kappa shape index (κ2) is 10.1. The molecule has 1 amide bonds. The molecule has 0 fully saturated rings. The number of amides is 1. The van der Waals surface area contributed by atoms with Gasteiger partial charge in [0.2, 0.25) is 6.20 Å². The molecule has 0 saturated carbocycles.